The van der Waals surface area contributed by atoms with E-state index in [1.165, 1.54) is 19.2 Å². The molecule has 2 aliphatic carbocycles. The van der Waals surface area contributed by atoms with Crippen LogP contribution in [0.2, 0.25) is 0 Å². The normalized spacial score (nSPS) is 19.3. The standard InChI is InChI=1S/C21H26N6O2.C2H6/c1-3-22-15-11-16(24-12-23-15)25-14-10-13(2)17-18(28)26-21(27(17)19(14)29)8-6-20(4-5-20)7-9-21;1-2/h10-12H,3-9H2,1-2H3,(H,26,28)(H2,22,23,24,25);1-2H3. The summed E-state index contributed by atoms with van der Waals surface area (Å²) in [6, 6.07) is 3.51. The minimum Gasteiger partial charge on any atom is -0.370 e. The Morgan fingerprint density at radius 1 is 1.03 bits per heavy atom. The average Bonchev–Trinajstić information content (AvgIpc) is 3.47. The van der Waals surface area contributed by atoms with E-state index in [2.05, 4.69) is 25.9 Å². The molecule has 166 valence electrons. The fourth-order valence-electron chi connectivity index (χ4n) is 4.91. The van der Waals surface area contributed by atoms with E-state index in [0.29, 0.717) is 28.4 Å². The fourth-order valence-corrected chi connectivity index (χ4v) is 4.91. The van der Waals surface area contributed by atoms with Crippen LogP contribution in [0.1, 0.15) is 75.3 Å². The molecule has 3 heterocycles. The van der Waals surface area contributed by atoms with E-state index >= 15 is 0 Å². The molecule has 0 aromatic carbocycles. The van der Waals surface area contributed by atoms with Gasteiger partial charge in [0.1, 0.15) is 35.0 Å². The van der Waals surface area contributed by atoms with Gasteiger partial charge >= 0.3 is 0 Å². The van der Waals surface area contributed by atoms with Crippen molar-refractivity contribution in [2.45, 2.75) is 71.9 Å². The molecule has 31 heavy (non-hydrogen) atoms. The molecule has 5 rings (SSSR count). The van der Waals surface area contributed by atoms with Crippen molar-refractivity contribution in [3.63, 3.8) is 0 Å². The number of nitrogens with one attached hydrogen (secondary N) is 3. The molecule has 8 heteroatoms. The second kappa shape index (κ2) is 7.98. The Bertz CT molecular complexity index is 1050. The number of anilines is 3. The maximum Gasteiger partial charge on any atom is 0.276 e. The zero-order valence-electron chi connectivity index (χ0n) is 18.8. The minimum atomic E-state index is -0.597. The second-order valence-electron chi connectivity index (χ2n) is 8.66. The first-order chi connectivity index (χ1) is 15.0. The molecule has 1 aliphatic heterocycles. The predicted octanol–water partition coefficient (Wildman–Crippen LogP) is 3.90. The molecule has 2 fully saturated rings. The van der Waals surface area contributed by atoms with Crippen molar-refractivity contribution >= 4 is 23.2 Å². The molecule has 2 spiro atoms. The van der Waals surface area contributed by atoms with Crippen LogP contribution in [-0.2, 0) is 5.66 Å². The van der Waals surface area contributed by atoms with Gasteiger partial charge in [0.2, 0.25) is 0 Å². The molecule has 3 N–H and O–H groups in total. The summed E-state index contributed by atoms with van der Waals surface area (Å²) < 4.78 is 1.72. The lowest BCUT2D eigenvalue weighted by molar-refractivity contribution is 0.0822. The first-order valence-electron chi connectivity index (χ1n) is 11.4. The summed E-state index contributed by atoms with van der Waals surface area (Å²) in [6.07, 6.45) is 7.77. The smallest absolute Gasteiger partial charge is 0.276 e. The van der Waals surface area contributed by atoms with Crippen LogP contribution in [0, 0.1) is 12.3 Å². The predicted molar refractivity (Wildman–Crippen MR) is 122 cm³/mol. The minimum absolute atomic E-state index is 0.144. The molecule has 0 radical (unpaired) electrons. The SMILES string of the molecule is CC.CCNc1cc(Nc2cc(C)c3n(c2=O)C2(CCC4(CC4)CC2)NC3=O)ncn1. The number of nitrogens with zero attached hydrogens (tertiary/aromatic N) is 3. The molecular weight excluding hydrogens is 392 g/mol. The van der Waals surface area contributed by atoms with Gasteiger partial charge in [-0.25, -0.2) is 9.97 Å². The van der Waals surface area contributed by atoms with E-state index < -0.39 is 5.66 Å². The Morgan fingerprint density at radius 2 is 1.68 bits per heavy atom. The maximum absolute atomic E-state index is 13.5. The van der Waals surface area contributed by atoms with Gasteiger partial charge in [0.15, 0.2) is 0 Å². The van der Waals surface area contributed by atoms with Gasteiger partial charge in [-0.05, 0) is 69.4 Å². The molecule has 0 unspecified atom stereocenters. The Labute approximate surface area is 182 Å². The lowest BCUT2D eigenvalue weighted by atomic mass is 9.79. The summed E-state index contributed by atoms with van der Waals surface area (Å²) in [4.78, 5) is 34.6. The van der Waals surface area contributed by atoms with Crippen LogP contribution in [0.15, 0.2) is 23.3 Å². The first-order valence-corrected chi connectivity index (χ1v) is 11.4. The number of pyridine rings is 1. The lowest BCUT2D eigenvalue weighted by Gasteiger charge is -2.39. The average molecular weight is 425 g/mol. The van der Waals surface area contributed by atoms with E-state index in [-0.39, 0.29) is 11.5 Å². The van der Waals surface area contributed by atoms with Crippen molar-refractivity contribution in [1.82, 2.24) is 19.9 Å². The fraction of sp³-hybridized carbons (Fsp3) is 0.565. The highest BCUT2D eigenvalue weighted by atomic mass is 16.2. The summed E-state index contributed by atoms with van der Waals surface area (Å²) in [5.41, 5.74) is 1.39. The van der Waals surface area contributed by atoms with Crippen LogP contribution in [-0.4, -0.2) is 27.0 Å². The van der Waals surface area contributed by atoms with Crippen LogP contribution < -0.4 is 21.5 Å². The van der Waals surface area contributed by atoms with Crippen LogP contribution in [0.3, 0.4) is 0 Å². The highest BCUT2D eigenvalue weighted by Crippen LogP contribution is 2.59. The number of fused-ring (bicyclic) bond motifs is 2. The maximum atomic E-state index is 13.5. The first kappa shape index (κ1) is 21.3. The van der Waals surface area contributed by atoms with Crippen LogP contribution >= 0.6 is 0 Å². The Morgan fingerprint density at radius 3 is 2.32 bits per heavy atom. The van der Waals surface area contributed by atoms with Gasteiger partial charge in [-0.15, -0.1) is 0 Å². The number of aryl methyl sites for hydroxylation is 1. The van der Waals surface area contributed by atoms with Crippen LogP contribution in [0.4, 0.5) is 17.3 Å². The van der Waals surface area contributed by atoms with E-state index in [1.807, 2.05) is 27.7 Å². The van der Waals surface area contributed by atoms with Crippen molar-refractivity contribution in [1.29, 1.82) is 0 Å². The number of aromatic nitrogens is 3. The van der Waals surface area contributed by atoms with E-state index in [4.69, 9.17) is 0 Å². The quantitative estimate of drug-likeness (QED) is 0.688. The van der Waals surface area contributed by atoms with Crippen molar-refractivity contribution in [2.24, 2.45) is 5.41 Å². The highest BCUT2D eigenvalue weighted by molar-refractivity contribution is 5.97. The summed E-state index contributed by atoms with van der Waals surface area (Å²) in [5.74, 6) is 1.09. The number of rotatable bonds is 4. The summed E-state index contributed by atoms with van der Waals surface area (Å²) in [5, 5.41) is 9.44. The van der Waals surface area contributed by atoms with Gasteiger partial charge in [0.05, 0.1) is 0 Å². The van der Waals surface area contributed by atoms with Gasteiger partial charge in [0.25, 0.3) is 11.5 Å². The molecule has 8 nitrogen and oxygen atoms in total. The van der Waals surface area contributed by atoms with Crippen LogP contribution in [0.25, 0.3) is 0 Å². The molecule has 3 aliphatic rings. The van der Waals surface area contributed by atoms with E-state index in [0.717, 1.165) is 37.8 Å². The highest BCUT2D eigenvalue weighted by Gasteiger charge is 2.53. The molecule has 2 saturated carbocycles. The Balaban J connectivity index is 0.00000112. The number of carbonyl (C=O) groups excluding carboxylic acids is 1. The van der Waals surface area contributed by atoms with Gasteiger partial charge in [-0.3, -0.25) is 14.2 Å². The van der Waals surface area contributed by atoms with Crippen molar-refractivity contribution < 1.29 is 4.79 Å². The largest absolute Gasteiger partial charge is 0.370 e. The van der Waals surface area contributed by atoms with Crippen molar-refractivity contribution in [3.8, 4) is 0 Å². The molecule has 1 amide bonds. The van der Waals surface area contributed by atoms with Crippen molar-refractivity contribution in [2.75, 3.05) is 17.2 Å². The van der Waals surface area contributed by atoms with E-state index in [9.17, 15) is 9.59 Å². The van der Waals surface area contributed by atoms with Crippen molar-refractivity contribution in [3.05, 3.63) is 40.1 Å². The van der Waals surface area contributed by atoms with E-state index in [1.54, 1.807) is 16.7 Å². The number of hydrogen-bond acceptors (Lipinski definition) is 6. The Kier molecular flexibility index (Phi) is 5.49. The number of carbonyl (C=O) groups is 1. The van der Waals surface area contributed by atoms with Gasteiger partial charge < -0.3 is 16.0 Å². The summed E-state index contributed by atoms with van der Waals surface area (Å²) >= 11 is 0. The third-order valence-electron chi connectivity index (χ3n) is 6.76. The van der Waals surface area contributed by atoms with Gasteiger partial charge in [-0.1, -0.05) is 13.8 Å². The topological polar surface area (TPSA) is 101 Å². The van der Waals surface area contributed by atoms with Gasteiger partial charge in [-0.2, -0.15) is 0 Å². The Hall–Kier alpha value is -2.90. The molecule has 0 bridgehead atoms. The lowest BCUT2D eigenvalue weighted by Crippen LogP contribution is -2.50. The van der Waals surface area contributed by atoms with Gasteiger partial charge in [0, 0.05) is 12.6 Å². The second-order valence-corrected chi connectivity index (χ2v) is 8.66. The molecular formula is C23H32N6O2. The monoisotopic (exact) mass is 424 g/mol. The number of hydrogen-bond donors (Lipinski definition) is 3. The third-order valence-corrected chi connectivity index (χ3v) is 6.76. The summed E-state index contributed by atoms with van der Waals surface area (Å²) in [6.45, 7) is 8.62. The molecule has 0 saturated heterocycles. The third kappa shape index (κ3) is 3.68. The molecule has 2 aromatic heterocycles. The van der Waals surface area contributed by atoms with Crippen LogP contribution in [0.5, 0.6) is 0 Å². The molecule has 2 aromatic rings. The summed E-state index contributed by atoms with van der Waals surface area (Å²) in [7, 11) is 0. The number of amides is 1. The zero-order valence-corrected chi connectivity index (χ0v) is 18.8. The molecule has 0 atom stereocenters. The zero-order chi connectivity index (χ0) is 22.2.